The molecule has 0 radical (unpaired) electrons. The van der Waals surface area contributed by atoms with Crippen molar-refractivity contribution in [2.45, 2.75) is 12.8 Å². The maximum absolute atomic E-state index is 12.6. The second-order valence-corrected chi connectivity index (χ2v) is 7.44. The lowest BCUT2D eigenvalue weighted by atomic mass is 10.0. The van der Waals surface area contributed by atoms with Crippen molar-refractivity contribution in [3.8, 4) is 10.4 Å². The van der Waals surface area contributed by atoms with Gasteiger partial charge in [0.15, 0.2) is 0 Å². The van der Waals surface area contributed by atoms with Crippen molar-refractivity contribution in [1.29, 1.82) is 0 Å². The highest BCUT2D eigenvalue weighted by molar-refractivity contribution is 7.17. The van der Waals surface area contributed by atoms with Gasteiger partial charge in [0.2, 0.25) is 0 Å². The maximum atomic E-state index is 12.6. The number of aryl methyl sites for hydroxylation is 1. The van der Waals surface area contributed by atoms with Crippen LogP contribution < -0.4 is 10.2 Å². The number of nitrogens with one attached hydrogen (secondary N) is 1. The van der Waals surface area contributed by atoms with E-state index in [0.29, 0.717) is 0 Å². The van der Waals surface area contributed by atoms with E-state index in [4.69, 9.17) is 0 Å². The average Bonchev–Trinajstić information content (AvgIpc) is 3.13. The van der Waals surface area contributed by atoms with Crippen molar-refractivity contribution in [1.82, 2.24) is 0 Å². The summed E-state index contributed by atoms with van der Waals surface area (Å²) in [5, 5.41) is 3.04. The van der Waals surface area contributed by atoms with Crippen LogP contribution in [0.5, 0.6) is 0 Å². The van der Waals surface area contributed by atoms with E-state index in [0.717, 1.165) is 34.0 Å². The molecule has 0 bridgehead atoms. The smallest absolute Gasteiger partial charge is 0.265 e. The SMILES string of the molecule is CN1CCCc2ccc(NC(=O)c3ccc(-c4ccccc4)s3)cc21. The second kappa shape index (κ2) is 6.73. The second-order valence-electron chi connectivity index (χ2n) is 6.35. The molecule has 0 saturated heterocycles. The van der Waals surface area contributed by atoms with Crippen LogP contribution in [0, 0.1) is 0 Å². The van der Waals surface area contributed by atoms with Crippen LogP contribution >= 0.6 is 11.3 Å². The van der Waals surface area contributed by atoms with Crippen molar-refractivity contribution >= 4 is 28.6 Å². The Morgan fingerprint density at radius 1 is 1.08 bits per heavy atom. The first-order valence-corrected chi connectivity index (χ1v) is 9.33. The molecule has 4 heteroatoms. The lowest BCUT2D eigenvalue weighted by Gasteiger charge is -2.28. The molecule has 4 rings (SSSR count). The van der Waals surface area contributed by atoms with Gasteiger partial charge in [-0.3, -0.25) is 4.79 Å². The van der Waals surface area contributed by atoms with Gasteiger partial charge >= 0.3 is 0 Å². The first-order chi connectivity index (χ1) is 12.2. The molecule has 0 saturated carbocycles. The fourth-order valence-corrected chi connectivity index (χ4v) is 4.15. The predicted octanol–water partition coefficient (Wildman–Crippen LogP) is 5.05. The average molecular weight is 348 g/mol. The van der Waals surface area contributed by atoms with Gasteiger partial charge in [0.1, 0.15) is 0 Å². The number of anilines is 2. The van der Waals surface area contributed by atoms with E-state index >= 15 is 0 Å². The van der Waals surface area contributed by atoms with E-state index in [1.165, 1.54) is 29.0 Å². The van der Waals surface area contributed by atoms with Crippen LogP contribution in [0.25, 0.3) is 10.4 Å². The number of hydrogen-bond donors (Lipinski definition) is 1. The largest absolute Gasteiger partial charge is 0.374 e. The topological polar surface area (TPSA) is 32.3 Å². The van der Waals surface area contributed by atoms with Gasteiger partial charge in [0.05, 0.1) is 4.88 Å². The predicted molar refractivity (Wildman–Crippen MR) is 106 cm³/mol. The molecule has 1 aliphatic rings. The van der Waals surface area contributed by atoms with Gasteiger partial charge in [-0.05, 0) is 48.2 Å². The fraction of sp³-hybridized carbons (Fsp3) is 0.190. The van der Waals surface area contributed by atoms with Gasteiger partial charge in [-0.1, -0.05) is 36.4 Å². The number of hydrogen-bond acceptors (Lipinski definition) is 3. The van der Waals surface area contributed by atoms with E-state index in [-0.39, 0.29) is 5.91 Å². The Morgan fingerprint density at radius 3 is 2.76 bits per heavy atom. The number of thiophene rings is 1. The molecule has 0 unspecified atom stereocenters. The first-order valence-electron chi connectivity index (χ1n) is 8.51. The molecule has 0 aliphatic carbocycles. The zero-order valence-electron chi connectivity index (χ0n) is 14.2. The van der Waals surface area contributed by atoms with Gasteiger partial charge in [-0.2, -0.15) is 0 Å². The quantitative estimate of drug-likeness (QED) is 0.718. The molecule has 1 aromatic heterocycles. The van der Waals surface area contributed by atoms with Crippen molar-refractivity contribution in [2.75, 3.05) is 23.8 Å². The summed E-state index contributed by atoms with van der Waals surface area (Å²) in [4.78, 5) is 16.7. The Balaban J connectivity index is 1.53. The minimum absolute atomic E-state index is 0.0504. The van der Waals surface area contributed by atoms with Crippen molar-refractivity contribution in [2.24, 2.45) is 0 Å². The molecule has 0 atom stereocenters. The molecule has 1 aliphatic heterocycles. The number of rotatable bonds is 3. The van der Waals surface area contributed by atoms with E-state index in [1.54, 1.807) is 0 Å². The lowest BCUT2D eigenvalue weighted by Crippen LogP contribution is -2.24. The van der Waals surface area contributed by atoms with Crippen LogP contribution in [-0.4, -0.2) is 19.5 Å². The molecule has 3 aromatic rings. The normalized spacial score (nSPS) is 13.4. The van der Waals surface area contributed by atoms with Gasteiger partial charge in [0.25, 0.3) is 5.91 Å². The summed E-state index contributed by atoms with van der Waals surface area (Å²) in [7, 11) is 2.11. The Hall–Kier alpha value is -2.59. The van der Waals surface area contributed by atoms with Crippen LogP contribution in [0.15, 0.2) is 60.7 Å². The number of nitrogens with zero attached hydrogens (tertiary/aromatic N) is 1. The van der Waals surface area contributed by atoms with Gasteiger partial charge in [0, 0.05) is 29.8 Å². The Labute approximate surface area is 151 Å². The molecular weight excluding hydrogens is 328 g/mol. The summed E-state index contributed by atoms with van der Waals surface area (Å²) in [6.45, 7) is 1.07. The molecule has 1 N–H and O–H groups in total. The summed E-state index contributed by atoms with van der Waals surface area (Å²) in [6.07, 6.45) is 2.30. The van der Waals surface area contributed by atoms with Crippen molar-refractivity contribution < 1.29 is 4.79 Å². The van der Waals surface area contributed by atoms with E-state index in [9.17, 15) is 4.79 Å². The molecule has 25 heavy (non-hydrogen) atoms. The molecule has 0 fully saturated rings. The summed E-state index contributed by atoms with van der Waals surface area (Å²) in [6, 6.07) is 20.3. The van der Waals surface area contributed by atoms with Crippen LogP contribution in [0.2, 0.25) is 0 Å². The summed E-state index contributed by atoms with van der Waals surface area (Å²) >= 11 is 1.52. The van der Waals surface area contributed by atoms with Crippen LogP contribution in [-0.2, 0) is 6.42 Å². The number of amides is 1. The molecular formula is C21H20N2OS. The van der Waals surface area contributed by atoms with Gasteiger partial charge < -0.3 is 10.2 Å². The Kier molecular flexibility index (Phi) is 4.28. The third kappa shape index (κ3) is 3.30. The first kappa shape index (κ1) is 15.9. The number of carbonyl (C=O) groups excluding carboxylic acids is 1. The van der Waals surface area contributed by atoms with Gasteiger partial charge in [-0.15, -0.1) is 11.3 Å². The number of carbonyl (C=O) groups is 1. The van der Waals surface area contributed by atoms with E-state index in [2.05, 4.69) is 41.5 Å². The van der Waals surface area contributed by atoms with Crippen LogP contribution in [0.1, 0.15) is 21.7 Å². The van der Waals surface area contributed by atoms with Crippen LogP contribution in [0.3, 0.4) is 0 Å². The molecule has 126 valence electrons. The van der Waals surface area contributed by atoms with Crippen LogP contribution in [0.4, 0.5) is 11.4 Å². The summed E-state index contributed by atoms with van der Waals surface area (Å²) < 4.78 is 0. The van der Waals surface area contributed by atoms with Crippen molar-refractivity contribution in [3.63, 3.8) is 0 Å². The maximum Gasteiger partial charge on any atom is 0.265 e. The zero-order chi connectivity index (χ0) is 17.2. The van der Waals surface area contributed by atoms with E-state index in [1.807, 2.05) is 36.4 Å². The molecule has 2 aromatic carbocycles. The summed E-state index contributed by atoms with van der Waals surface area (Å²) in [5.41, 5.74) is 4.57. The standard InChI is InChI=1S/C21H20N2OS/c1-23-13-5-8-15-9-10-17(14-18(15)23)22-21(24)20-12-11-19(25-20)16-6-3-2-4-7-16/h2-4,6-7,9-12,14H,5,8,13H2,1H3,(H,22,24). The third-order valence-electron chi connectivity index (χ3n) is 4.58. The van der Waals surface area contributed by atoms with E-state index < -0.39 is 0 Å². The molecule has 2 heterocycles. The Bertz CT molecular complexity index is 901. The zero-order valence-corrected chi connectivity index (χ0v) is 15.0. The highest BCUT2D eigenvalue weighted by Crippen LogP contribution is 2.31. The lowest BCUT2D eigenvalue weighted by molar-refractivity contribution is 0.103. The highest BCUT2D eigenvalue weighted by atomic mass is 32.1. The third-order valence-corrected chi connectivity index (χ3v) is 5.72. The Morgan fingerprint density at radius 2 is 1.92 bits per heavy atom. The van der Waals surface area contributed by atoms with Gasteiger partial charge in [-0.25, -0.2) is 0 Å². The van der Waals surface area contributed by atoms with Crippen molar-refractivity contribution in [3.05, 3.63) is 71.1 Å². The fourth-order valence-electron chi connectivity index (χ4n) is 3.25. The molecule has 0 spiro atoms. The minimum Gasteiger partial charge on any atom is -0.374 e. The number of benzene rings is 2. The monoisotopic (exact) mass is 348 g/mol. The highest BCUT2D eigenvalue weighted by Gasteiger charge is 2.15. The minimum atomic E-state index is -0.0504. The summed E-state index contributed by atoms with van der Waals surface area (Å²) in [5.74, 6) is -0.0504. The molecule has 3 nitrogen and oxygen atoms in total. The number of fused-ring (bicyclic) bond motifs is 1. The molecule has 1 amide bonds.